The van der Waals surface area contributed by atoms with Crippen LogP contribution in [-0.4, -0.2) is 32.2 Å². The lowest BCUT2D eigenvalue weighted by Crippen LogP contribution is -2.30. The van der Waals surface area contributed by atoms with Crippen LogP contribution in [0.5, 0.6) is 11.5 Å². The number of nitrogens with two attached hydrogens (primary N) is 1. The lowest BCUT2D eigenvalue weighted by atomic mass is 10.3. The van der Waals surface area contributed by atoms with Gasteiger partial charge in [-0.3, -0.25) is 0 Å². The molecule has 0 fully saturated rings. The topological polar surface area (TPSA) is 53.7 Å². The van der Waals surface area contributed by atoms with Crippen molar-refractivity contribution in [3.63, 3.8) is 0 Å². The second-order valence-corrected chi connectivity index (χ2v) is 4.62. The molecule has 0 amide bonds. The van der Waals surface area contributed by atoms with E-state index in [4.69, 9.17) is 15.2 Å². The molecule has 0 heterocycles. The van der Waals surface area contributed by atoms with Gasteiger partial charge in [0, 0.05) is 13.2 Å². The predicted molar refractivity (Wildman–Crippen MR) is 70.8 cm³/mol. The molecule has 0 radical (unpaired) electrons. The lowest BCUT2D eigenvalue weighted by molar-refractivity contribution is -0.274. The van der Waals surface area contributed by atoms with Crippen LogP contribution >= 0.6 is 15.9 Å². The Bertz CT molecular complexity index is 429. The van der Waals surface area contributed by atoms with Crippen molar-refractivity contribution in [1.82, 2.24) is 0 Å². The Balaban J connectivity index is 2.63. The maximum absolute atomic E-state index is 12.1. The highest BCUT2D eigenvalue weighted by atomic mass is 79.9. The van der Waals surface area contributed by atoms with E-state index in [1.807, 2.05) is 6.92 Å². The standard InChI is InChI=1S/C12H15BrF3NO3/c1-2-18-9(6-17)7-19-8-3-4-11(10(13)5-8)20-12(14,15)16/h3-5,9H,2,6-7,17H2,1H3. The second kappa shape index (κ2) is 7.70. The van der Waals surface area contributed by atoms with Gasteiger partial charge < -0.3 is 19.9 Å². The van der Waals surface area contributed by atoms with Gasteiger partial charge in [-0.2, -0.15) is 0 Å². The third-order valence-electron chi connectivity index (χ3n) is 2.23. The smallest absolute Gasteiger partial charge is 0.491 e. The summed E-state index contributed by atoms with van der Waals surface area (Å²) in [6.07, 6.45) is -4.99. The first-order valence-electron chi connectivity index (χ1n) is 5.85. The Labute approximate surface area is 123 Å². The summed E-state index contributed by atoms with van der Waals surface area (Å²) in [7, 11) is 0. The fourth-order valence-corrected chi connectivity index (χ4v) is 1.83. The van der Waals surface area contributed by atoms with Crippen molar-refractivity contribution in [3.8, 4) is 11.5 Å². The number of benzene rings is 1. The minimum atomic E-state index is -4.73. The lowest BCUT2D eigenvalue weighted by Gasteiger charge is -2.16. The molecule has 4 nitrogen and oxygen atoms in total. The van der Waals surface area contributed by atoms with Crippen LogP contribution in [-0.2, 0) is 4.74 Å². The van der Waals surface area contributed by atoms with Crippen molar-refractivity contribution in [3.05, 3.63) is 22.7 Å². The summed E-state index contributed by atoms with van der Waals surface area (Å²) in [5.41, 5.74) is 5.49. The minimum Gasteiger partial charge on any atom is -0.491 e. The summed E-state index contributed by atoms with van der Waals surface area (Å²) in [6.45, 7) is 2.86. The minimum absolute atomic E-state index is 0.146. The molecule has 0 aliphatic heterocycles. The highest BCUT2D eigenvalue weighted by Crippen LogP contribution is 2.33. The highest BCUT2D eigenvalue weighted by molar-refractivity contribution is 9.10. The van der Waals surface area contributed by atoms with Gasteiger partial charge in [0.25, 0.3) is 0 Å². The van der Waals surface area contributed by atoms with Crippen LogP contribution in [0.3, 0.4) is 0 Å². The van der Waals surface area contributed by atoms with E-state index in [1.54, 1.807) is 0 Å². The normalized spacial score (nSPS) is 13.1. The molecule has 1 unspecified atom stereocenters. The summed E-state index contributed by atoms with van der Waals surface area (Å²) in [4.78, 5) is 0. The van der Waals surface area contributed by atoms with E-state index in [0.717, 1.165) is 0 Å². The summed E-state index contributed by atoms with van der Waals surface area (Å²) in [5, 5.41) is 0. The van der Waals surface area contributed by atoms with E-state index in [9.17, 15) is 13.2 Å². The Morgan fingerprint density at radius 1 is 1.35 bits per heavy atom. The molecule has 20 heavy (non-hydrogen) atoms. The molecule has 0 saturated carbocycles. The molecular formula is C12H15BrF3NO3. The van der Waals surface area contributed by atoms with Gasteiger partial charge in [0.2, 0.25) is 0 Å². The van der Waals surface area contributed by atoms with Crippen molar-refractivity contribution in [2.45, 2.75) is 19.4 Å². The van der Waals surface area contributed by atoms with Crippen molar-refractivity contribution in [2.24, 2.45) is 5.73 Å². The molecule has 1 atom stereocenters. The number of hydrogen-bond acceptors (Lipinski definition) is 4. The molecule has 1 aromatic carbocycles. The van der Waals surface area contributed by atoms with Crippen LogP contribution in [0, 0.1) is 0 Å². The van der Waals surface area contributed by atoms with E-state index in [0.29, 0.717) is 18.9 Å². The zero-order valence-electron chi connectivity index (χ0n) is 10.7. The molecule has 0 aliphatic rings. The number of rotatable bonds is 7. The van der Waals surface area contributed by atoms with Crippen LogP contribution in [0.4, 0.5) is 13.2 Å². The Morgan fingerprint density at radius 2 is 2.05 bits per heavy atom. The number of alkyl halides is 3. The predicted octanol–water partition coefficient (Wildman–Crippen LogP) is 3.09. The first-order chi connectivity index (χ1) is 9.35. The van der Waals surface area contributed by atoms with Crippen LogP contribution in [0.15, 0.2) is 22.7 Å². The van der Waals surface area contributed by atoms with E-state index in [2.05, 4.69) is 20.7 Å². The summed E-state index contributed by atoms with van der Waals surface area (Å²) in [5.74, 6) is 0.0644. The zero-order chi connectivity index (χ0) is 15.2. The zero-order valence-corrected chi connectivity index (χ0v) is 12.3. The van der Waals surface area contributed by atoms with Crippen molar-refractivity contribution >= 4 is 15.9 Å². The molecular weight excluding hydrogens is 343 g/mol. The molecule has 0 bridgehead atoms. The van der Waals surface area contributed by atoms with Crippen LogP contribution in [0.1, 0.15) is 6.92 Å². The first kappa shape index (κ1) is 17.1. The third-order valence-corrected chi connectivity index (χ3v) is 2.85. The summed E-state index contributed by atoms with van der Waals surface area (Å²) >= 11 is 2.99. The summed E-state index contributed by atoms with van der Waals surface area (Å²) < 4.78 is 51.0. The van der Waals surface area contributed by atoms with Crippen LogP contribution < -0.4 is 15.2 Å². The van der Waals surface area contributed by atoms with Crippen LogP contribution in [0.25, 0.3) is 0 Å². The van der Waals surface area contributed by atoms with Crippen molar-refractivity contribution in [2.75, 3.05) is 19.8 Å². The molecule has 0 aliphatic carbocycles. The van der Waals surface area contributed by atoms with E-state index in [1.165, 1.54) is 18.2 Å². The molecule has 114 valence electrons. The van der Waals surface area contributed by atoms with Crippen LogP contribution in [0.2, 0.25) is 0 Å². The number of halogens is 4. The van der Waals surface area contributed by atoms with E-state index in [-0.39, 0.29) is 22.9 Å². The molecule has 0 aromatic heterocycles. The van der Waals surface area contributed by atoms with Gasteiger partial charge in [0.1, 0.15) is 24.2 Å². The van der Waals surface area contributed by atoms with Crippen molar-refractivity contribution < 1.29 is 27.4 Å². The quantitative estimate of drug-likeness (QED) is 0.814. The van der Waals surface area contributed by atoms with Gasteiger partial charge in [-0.1, -0.05) is 0 Å². The first-order valence-corrected chi connectivity index (χ1v) is 6.64. The summed E-state index contributed by atoms with van der Waals surface area (Å²) in [6, 6.07) is 3.94. The van der Waals surface area contributed by atoms with Gasteiger partial charge in [-0.25, -0.2) is 0 Å². The molecule has 0 saturated heterocycles. The van der Waals surface area contributed by atoms with Gasteiger partial charge in [-0.05, 0) is 41.1 Å². The molecule has 2 N–H and O–H groups in total. The maximum Gasteiger partial charge on any atom is 0.573 e. The molecule has 1 rings (SSSR count). The average Bonchev–Trinajstić information content (AvgIpc) is 2.36. The SMILES string of the molecule is CCOC(CN)COc1ccc(OC(F)(F)F)c(Br)c1. The second-order valence-electron chi connectivity index (χ2n) is 3.76. The van der Waals surface area contributed by atoms with E-state index >= 15 is 0 Å². The van der Waals surface area contributed by atoms with Gasteiger partial charge in [0.05, 0.1) is 4.47 Å². The fraction of sp³-hybridized carbons (Fsp3) is 0.500. The molecule has 0 spiro atoms. The number of ether oxygens (including phenoxy) is 3. The fourth-order valence-electron chi connectivity index (χ4n) is 1.39. The van der Waals surface area contributed by atoms with Crippen molar-refractivity contribution in [1.29, 1.82) is 0 Å². The largest absolute Gasteiger partial charge is 0.573 e. The third kappa shape index (κ3) is 5.98. The van der Waals surface area contributed by atoms with Gasteiger partial charge >= 0.3 is 6.36 Å². The number of hydrogen-bond donors (Lipinski definition) is 1. The Morgan fingerprint density at radius 3 is 2.55 bits per heavy atom. The molecule has 1 aromatic rings. The molecule has 8 heteroatoms. The van der Waals surface area contributed by atoms with E-state index < -0.39 is 6.36 Å². The van der Waals surface area contributed by atoms with Gasteiger partial charge in [0.15, 0.2) is 0 Å². The van der Waals surface area contributed by atoms with Gasteiger partial charge in [-0.15, -0.1) is 13.2 Å². The average molecular weight is 358 g/mol. The Hall–Kier alpha value is -0.990. The Kier molecular flexibility index (Phi) is 6.57. The monoisotopic (exact) mass is 357 g/mol. The highest BCUT2D eigenvalue weighted by Gasteiger charge is 2.32. The maximum atomic E-state index is 12.1.